The molecular weight excluding hydrogens is 328 g/mol. The van der Waals surface area contributed by atoms with Crippen molar-refractivity contribution in [1.82, 2.24) is 5.32 Å². The molecule has 0 aliphatic carbocycles. The van der Waals surface area contributed by atoms with E-state index >= 15 is 0 Å². The molecule has 1 N–H and O–H groups in total. The molecule has 0 heterocycles. The van der Waals surface area contributed by atoms with E-state index in [1.54, 1.807) is 7.11 Å². The van der Waals surface area contributed by atoms with Crippen LogP contribution in [0.25, 0.3) is 0 Å². The fraction of sp³-hybridized carbons (Fsp3) is 0.333. The number of hydrogen-bond donors (Lipinski definition) is 1. The van der Waals surface area contributed by atoms with Crippen molar-refractivity contribution in [3.8, 4) is 5.75 Å². The monoisotopic (exact) mass is 354 g/mol. The molecule has 0 radical (unpaired) electrons. The fourth-order valence-electron chi connectivity index (χ4n) is 2.85. The van der Waals surface area contributed by atoms with E-state index in [2.05, 4.69) is 5.32 Å². The third kappa shape index (κ3) is 5.34. The minimum absolute atomic E-state index is 0.0113. The highest BCUT2D eigenvalue weighted by Crippen LogP contribution is 2.21. The number of nitrogens with one attached hydrogen (secondary N) is 1. The first kappa shape index (κ1) is 19.5. The molecule has 2 amide bonds. The molecule has 2 aromatic rings. The maximum Gasteiger partial charge on any atom is 0.240 e. The molecule has 0 fully saturated rings. The van der Waals surface area contributed by atoms with Crippen LogP contribution < -0.4 is 15.0 Å². The summed E-state index contributed by atoms with van der Waals surface area (Å²) in [5.41, 5.74) is 3.95. The quantitative estimate of drug-likeness (QED) is 0.831. The zero-order valence-corrected chi connectivity index (χ0v) is 15.8. The molecule has 26 heavy (non-hydrogen) atoms. The van der Waals surface area contributed by atoms with Crippen LogP contribution in [0.5, 0.6) is 5.75 Å². The lowest BCUT2D eigenvalue weighted by molar-refractivity contribution is -0.123. The number of nitrogens with zero attached hydrogens (tertiary/aromatic N) is 1. The first-order valence-electron chi connectivity index (χ1n) is 8.65. The van der Waals surface area contributed by atoms with Crippen molar-refractivity contribution < 1.29 is 14.3 Å². The number of hydrogen-bond acceptors (Lipinski definition) is 3. The second-order valence-electron chi connectivity index (χ2n) is 6.35. The van der Waals surface area contributed by atoms with Crippen LogP contribution in [0.1, 0.15) is 23.6 Å². The van der Waals surface area contributed by atoms with Gasteiger partial charge in [-0.25, -0.2) is 0 Å². The Hall–Kier alpha value is -2.82. The van der Waals surface area contributed by atoms with Gasteiger partial charge in [-0.15, -0.1) is 0 Å². The van der Waals surface area contributed by atoms with Crippen molar-refractivity contribution in [1.29, 1.82) is 0 Å². The number of benzene rings is 2. The first-order valence-corrected chi connectivity index (χ1v) is 8.65. The second-order valence-corrected chi connectivity index (χ2v) is 6.35. The van der Waals surface area contributed by atoms with E-state index in [-0.39, 0.29) is 18.4 Å². The smallest absolute Gasteiger partial charge is 0.240 e. The van der Waals surface area contributed by atoms with Gasteiger partial charge in [-0.3, -0.25) is 9.59 Å². The molecule has 0 spiro atoms. The van der Waals surface area contributed by atoms with Crippen LogP contribution in [0.15, 0.2) is 42.5 Å². The molecule has 0 unspecified atom stereocenters. The third-order valence-corrected chi connectivity index (χ3v) is 4.19. The molecular formula is C21H26N2O3. The predicted molar refractivity (Wildman–Crippen MR) is 104 cm³/mol. The van der Waals surface area contributed by atoms with Crippen molar-refractivity contribution >= 4 is 17.5 Å². The lowest BCUT2D eigenvalue weighted by atomic mass is 10.1. The van der Waals surface area contributed by atoms with Crippen molar-refractivity contribution in [2.24, 2.45) is 0 Å². The Morgan fingerprint density at radius 3 is 2.54 bits per heavy atom. The predicted octanol–water partition coefficient (Wildman–Crippen LogP) is 3.02. The highest BCUT2D eigenvalue weighted by atomic mass is 16.5. The summed E-state index contributed by atoms with van der Waals surface area (Å²) in [6, 6.07) is 13.6. The van der Waals surface area contributed by atoms with Crippen LogP contribution >= 0.6 is 0 Å². The average molecular weight is 354 g/mol. The number of amides is 2. The van der Waals surface area contributed by atoms with Crippen LogP contribution in [0.3, 0.4) is 0 Å². The molecule has 0 aliphatic heterocycles. The summed E-state index contributed by atoms with van der Waals surface area (Å²) in [6.45, 7) is 5.93. The number of rotatable bonds is 7. The van der Waals surface area contributed by atoms with Gasteiger partial charge < -0.3 is 15.0 Å². The molecule has 0 aromatic heterocycles. The highest BCUT2D eigenvalue weighted by molar-refractivity contribution is 5.98. The molecule has 2 aromatic carbocycles. The van der Waals surface area contributed by atoms with Gasteiger partial charge in [0.15, 0.2) is 0 Å². The summed E-state index contributed by atoms with van der Waals surface area (Å²) in [7, 11) is 1.63. The Labute approximate surface area is 155 Å². The van der Waals surface area contributed by atoms with Crippen LogP contribution in [0.2, 0.25) is 0 Å². The van der Waals surface area contributed by atoms with Gasteiger partial charge in [0.2, 0.25) is 11.8 Å². The van der Waals surface area contributed by atoms with E-state index in [1.807, 2.05) is 56.3 Å². The van der Waals surface area contributed by atoms with Crippen molar-refractivity contribution in [2.75, 3.05) is 25.1 Å². The van der Waals surface area contributed by atoms with E-state index in [1.165, 1.54) is 11.8 Å². The molecule has 0 saturated heterocycles. The lowest BCUT2D eigenvalue weighted by Gasteiger charge is -2.23. The molecule has 0 bridgehead atoms. The summed E-state index contributed by atoms with van der Waals surface area (Å²) in [5, 5.41) is 2.88. The van der Waals surface area contributed by atoms with E-state index in [0.717, 1.165) is 28.1 Å². The summed E-state index contributed by atoms with van der Waals surface area (Å²) in [6.07, 6.45) is 0.701. The molecule has 0 atom stereocenters. The Bertz CT molecular complexity index is 787. The standard InChI is InChI=1S/C21H26N2O3/c1-15-8-9-20(16(2)12-15)23(17(3)24)14-21(25)22-11-10-18-6-5-7-19(13-18)26-4/h5-9,12-13H,10-11,14H2,1-4H3,(H,22,25). The molecule has 138 valence electrons. The van der Waals surface area contributed by atoms with Crippen LogP contribution in [0.4, 0.5) is 5.69 Å². The Morgan fingerprint density at radius 2 is 1.88 bits per heavy atom. The van der Waals surface area contributed by atoms with Crippen LogP contribution in [0, 0.1) is 13.8 Å². The highest BCUT2D eigenvalue weighted by Gasteiger charge is 2.17. The van der Waals surface area contributed by atoms with Gasteiger partial charge in [0.05, 0.1) is 7.11 Å². The van der Waals surface area contributed by atoms with Gasteiger partial charge in [0.25, 0.3) is 0 Å². The van der Waals surface area contributed by atoms with Crippen LogP contribution in [-0.4, -0.2) is 32.0 Å². The third-order valence-electron chi connectivity index (χ3n) is 4.19. The fourth-order valence-corrected chi connectivity index (χ4v) is 2.85. The van der Waals surface area contributed by atoms with E-state index in [9.17, 15) is 9.59 Å². The van der Waals surface area contributed by atoms with Gasteiger partial charge >= 0.3 is 0 Å². The zero-order chi connectivity index (χ0) is 19.1. The van der Waals surface area contributed by atoms with E-state index < -0.39 is 0 Å². The molecule has 5 heteroatoms. The maximum atomic E-state index is 12.3. The average Bonchev–Trinajstić information content (AvgIpc) is 2.60. The van der Waals surface area contributed by atoms with Gasteiger partial charge in [-0.05, 0) is 49.6 Å². The number of ether oxygens (including phenoxy) is 1. The largest absolute Gasteiger partial charge is 0.497 e. The van der Waals surface area contributed by atoms with Crippen molar-refractivity contribution in [3.05, 3.63) is 59.2 Å². The summed E-state index contributed by atoms with van der Waals surface area (Å²) in [5.74, 6) is 0.467. The Kier molecular flexibility index (Phi) is 6.78. The minimum Gasteiger partial charge on any atom is -0.497 e. The lowest BCUT2D eigenvalue weighted by Crippen LogP contribution is -2.40. The number of carbonyl (C=O) groups excluding carboxylic acids is 2. The van der Waals surface area contributed by atoms with Crippen molar-refractivity contribution in [3.63, 3.8) is 0 Å². The van der Waals surface area contributed by atoms with E-state index in [0.29, 0.717) is 13.0 Å². The normalized spacial score (nSPS) is 10.3. The Balaban J connectivity index is 1.94. The number of methoxy groups -OCH3 is 1. The first-order chi connectivity index (χ1) is 12.4. The van der Waals surface area contributed by atoms with Gasteiger partial charge in [-0.1, -0.05) is 29.8 Å². The summed E-state index contributed by atoms with van der Waals surface area (Å²) in [4.78, 5) is 25.8. The summed E-state index contributed by atoms with van der Waals surface area (Å²) < 4.78 is 5.20. The number of aryl methyl sites for hydroxylation is 2. The molecule has 5 nitrogen and oxygen atoms in total. The number of anilines is 1. The van der Waals surface area contributed by atoms with Gasteiger partial charge in [0, 0.05) is 19.2 Å². The Morgan fingerprint density at radius 1 is 1.12 bits per heavy atom. The van der Waals surface area contributed by atoms with Gasteiger partial charge in [-0.2, -0.15) is 0 Å². The van der Waals surface area contributed by atoms with Gasteiger partial charge in [0.1, 0.15) is 12.3 Å². The zero-order valence-electron chi connectivity index (χ0n) is 15.8. The molecule has 2 rings (SSSR count). The van der Waals surface area contributed by atoms with Crippen molar-refractivity contribution in [2.45, 2.75) is 27.2 Å². The van der Waals surface area contributed by atoms with Crippen LogP contribution in [-0.2, 0) is 16.0 Å². The summed E-state index contributed by atoms with van der Waals surface area (Å²) >= 11 is 0. The number of carbonyl (C=O) groups is 2. The molecule has 0 saturated carbocycles. The SMILES string of the molecule is COc1cccc(CCNC(=O)CN(C(C)=O)c2ccc(C)cc2C)c1. The topological polar surface area (TPSA) is 58.6 Å². The van der Waals surface area contributed by atoms with E-state index in [4.69, 9.17) is 4.74 Å². The second kappa shape index (κ2) is 9.04. The minimum atomic E-state index is -0.178. The molecule has 0 aliphatic rings. The maximum absolute atomic E-state index is 12.3.